The van der Waals surface area contributed by atoms with Crippen molar-refractivity contribution in [3.8, 4) is 0 Å². The van der Waals surface area contributed by atoms with Crippen LogP contribution in [0.1, 0.15) is 49.8 Å². The minimum Gasteiger partial charge on any atom is -0.369 e. The molecule has 37 heavy (non-hydrogen) atoms. The number of carbonyl (C=O) groups excluding carboxylic acids is 1. The average Bonchev–Trinajstić information content (AvgIpc) is 3.44. The second kappa shape index (κ2) is 10.0. The lowest BCUT2D eigenvalue weighted by molar-refractivity contribution is -0.122. The van der Waals surface area contributed by atoms with Gasteiger partial charge in [0.15, 0.2) is 21.6 Å². The number of sulfone groups is 1. The number of nitrogens with one attached hydrogen (secondary N) is 1. The maximum Gasteiger partial charge on any atom is 0.348 e. The van der Waals surface area contributed by atoms with E-state index in [-0.39, 0.29) is 29.7 Å². The number of hydrogen-bond acceptors (Lipinski definition) is 7. The van der Waals surface area contributed by atoms with E-state index in [1.54, 1.807) is 36.5 Å². The predicted molar refractivity (Wildman–Crippen MR) is 137 cm³/mol. The Kier molecular flexibility index (Phi) is 6.76. The first-order valence-corrected chi connectivity index (χ1v) is 14.1. The van der Waals surface area contributed by atoms with E-state index < -0.39 is 33.0 Å². The van der Waals surface area contributed by atoms with Gasteiger partial charge in [0.2, 0.25) is 0 Å². The summed E-state index contributed by atoms with van der Waals surface area (Å²) < 4.78 is 28.7. The Morgan fingerprint density at radius 2 is 1.81 bits per heavy atom. The van der Waals surface area contributed by atoms with Crippen LogP contribution in [0.2, 0.25) is 0 Å². The number of benzene rings is 1. The number of anilines is 1. The summed E-state index contributed by atoms with van der Waals surface area (Å²) in [5.41, 5.74) is 5.42. The molecule has 1 aromatic carbocycles. The Morgan fingerprint density at radius 1 is 1.08 bits per heavy atom. The smallest absolute Gasteiger partial charge is 0.348 e. The molecule has 2 aliphatic rings. The first kappa shape index (κ1) is 25.0. The van der Waals surface area contributed by atoms with Gasteiger partial charge in [-0.1, -0.05) is 30.4 Å². The Bertz CT molecular complexity index is 1540. The van der Waals surface area contributed by atoms with E-state index >= 15 is 0 Å². The number of H-pyrrole nitrogens is 1. The number of rotatable bonds is 8. The average molecular weight is 527 g/mol. The van der Waals surface area contributed by atoms with Crippen molar-refractivity contribution in [1.82, 2.24) is 23.9 Å². The minimum atomic E-state index is -3.68. The van der Waals surface area contributed by atoms with Crippen LogP contribution in [0, 0.1) is 5.92 Å². The van der Waals surface area contributed by atoms with Crippen molar-refractivity contribution in [2.75, 3.05) is 11.5 Å². The van der Waals surface area contributed by atoms with Crippen molar-refractivity contribution in [3.05, 3.63) is 75.3 Å². The second-order valence-corrected chi connectivity index (χ2v) is 11.9. The monoisotopic (exact) mass is 526 g/mol. The summed E-state index contributed by atoms with van der Waals surface area (Å²) in [6.07, 6.45) is 8.99. The van der Waals surface area contributed by atoms with Gasteiger partial charge in [0, 0.05) is 24.6 Å². The molecule has 11 nitrogen and oxygen atoms in total. The number of imidazole rings is 1. The van der Waals surface area contributed by atoms with Gasteiger partial charge >= 0.3 is 11.4 Å². The number of allylic oxidation sites excluding steroid dienone is 2. The third-order valence-corrected chi connectivity index (χ3v) is 9.12. The summed E-state index contributed by atoms with van der Waals surface area (Å²) >= 11 is 0. The maximum absolute atomic E-state index is 13.3. The molecule has 3 heterocycles. The molecule has 1 aliphatic heterocycles. The molecule has 3 N–H and O–H groups in total. The van der Waals surface area contributed by atoms with Gasteiger partial charge in [0.05, 0.1) is 23.4 Å². The minimum absolute atomic E-state index is 0.130. The molecule has 0 amide bonds. The van der Waals surface area contributed by atoms with Gasteiger partial charge in [-0.05, 0) is 43.7 Å². The molecule has 1 aliphatic carbocycles. The quantitative estimate of drug-likeness (QED) is 0.423. The molecular weight excluding hydrogens is 496 g/mol. The topological polar surface area (TPSA) is 155 Å². The fraction of sp³-hybridized carbons (Fsp3) is 0.440. The lowest BCUT2D eigenvalue weighted by atomic mass is 9.78. The van der Waals surface area contributed by atoms with Crippen molar-refractivity contribution in [2.45, 2.75) is 62.0 Å². The summed E-state index contributed by atoms with van der Waals surface area (Å²) in [5.74, 6) is 0.397. The SMILES string of the molecule is Nc1ncc(C2CCC(CC(=O)C3C=CCn4c(=O)n(CCS(=O)(=O)c5ccccc5)c(=O)n43)CC2)[nH]1. The van der Waals surface area contributed by atoms with Crippen molar-refractivity contribution < 1.29 is 13.2 Å². The van der Waals surface area contributed by atoms with Crippen LogP contribution in [-0.4, -0.2) is 43.9 Å². The lowest BCUT2D eigenvalue weighted by Gasteiger charge is -2.28. The molecule has 5 rings (SSSR count). The van der Waals surface area contributed by atoms with Gasteiger partial charge < -0.3 is 10.7 Å². The highest BCUT2D eigenvalue weighted by atomic mass is 32.2. The van der Waals surface area contributed by atoms with E-state index in [0.29, 0.717) is 18.3 Å². The normalized spacial score (nSPS) is 21.6. The van der Waals surface area contributed by atoms with Crippen LogP contribution < -0.4 is 17.1 Å². The molecule has 0 saturated heterocycles. The number of hydrogen-bond donors (Lipinski definition) is 2. The highest BCUT2D eigenvalue weighted by molar-refractivity contribution is 7.91. The number of nitrogens with two attached hydrogens (primary N) is 1. The van der Waals surface area contributed by atoms with Gasteiger partial charge in [-0.15, -0.1) is 0 Å². The van der Waals surface area contributed by atoms with Gasteiger partial charge in [0.25, 0.3) is 0 Å². The third-order valence-electron chi connectivity index (χ3n) is 7.41. The fourth-order valence-electron chi connectivity index (χ4n) is 5.38. The number of aromatic amines is 1. The first-order chi connectivity index (χ1) is 17.7. The zero-order valence-corrected chi connectivity index (χ0v) is 21.1. The molecule has 196 valence electrons. The number of nitrogens with zero attached hydrogens (tertiary/aromatic N) is 4. The zero-order valence-electron chi connectivity index (χ0n) is 20.3. The number of ketones is 1. The number of nitrogen functional groups attached to an aromatic ring is 1. The fourth-order valence-corrected chi connectivity index (χ4v) is 6.61. The highest BCUT2D eigenvalue weighted by Gasteiger charge is 2.32. The maximum atomic E-state index is 13.3. The summed E-state index contributed by atoms with van der Waals surface area (Å²) in [5, 5.41) is 0. The van der Waals surface area contributed by atoms with Crippen molar-refractivity contribution in [3.63, 3.8) is 0 Å². The van der Waals surface area contributed by atoms with E-state index in [2.05, 4.69) is 9.97 Å². The van der Waals surface area contributed by atoms with Crippen LogP contribution >= 0.6 is 0 Å². The van der Waals surface area contributed by atoms with Crippen LogP contribution in [-0.2, 0) is 27.7 Å². The number of fused-ring (bicyclic) bond motifs is 1. The van der Waals surface area contributed by atoms with Crippen molar-refractivity contribution >= 4 is 21.6 Å². The Balaban J connectivity index is 1.28. The van der Waals surface area contributed by atoms with E-state index in [1.165, 1.54) is 21.5 Å². The molecule has 12 heteroatoms. The second-order valence-electron chi connectivity index (χ2n) is 9.76. The van der Waals surface area contributed by atoms with E-state index in [4.69, 9.17) is 5.73 Å². The molecule has 1 atom stereocenters. The molecule has 0 bridgehead atoms. The van der Waals surface area contributed by atoms with Crippen LogP contribution in [0.3, 0.4) is 0 Å². The highest BCUT2D eigenvalue weighted by Crippen LogP contribution is 2.37. The van der Waals surface area contributed by atoms with Gasteiger partial charge in [0.1, 0.15) is 6.04 Å². The standard InChI is InChI=1S/C25H30N6O5S/c26-23-27-16-20(28-23)18-10-8-17(9-11-18)15-22(32)21-7-4-12-30-24(33)29(25(34)31(21)30)13-14-37(35,36)19-5-2-1-3-6-19/h1-7,16-18,21H,8-15H2,(H3,26,27,28). The summed E-state index contributed by atoms with van der Waals surface area (Å²) in [7, 11) is -3.68. The number of aromatic nitrogens is 5. The summed E-state index contributed by atoms with van der Waals surface area (Å²) in [6, 6.07) is 7.02. The molecule has 1 unspecified atom stereocenters. The molecule has 1 fully saturated rings. The molecule has 2 aromatic heterocycles. The van der Waals surface area contributed by atoms with E-state index in [0.717, 1.165) is 35.9 Å². The van der Waals surface area contributed by atoms with Gasteiger partial charge in [-0.3, -0.25) is 4.79 Å². The van der Waals surface area contributed by atoms with Gasteiger partial charge in [-0.2, -0.15) is 0 Å². The summed E-state index contributed by atoms with van der Waals surface area (Å²) in [6.45, 7) is -0.139. The Hall–Kier alpha value is -3.67. The van der Waals surface area contributed by atoms with E-state index in [9.17, 15) is 22.8 Å². The Labute approximate surface area is 213 Å². The van der Waals surface area contributed by atoms with Gasteiger partial charge in [-0.25, -0.2) is 36.9 Å². The van der Waals surface area contributed by atoms with E-state index in [1.807, 2.05) is 0 Å². The summed E-state index contributed by atoms with van der Waals surface area (Å²) in [4.78, 5) is 46.7. The number of carbonyl (C=O) groups is 1. The molecule has 0 radical (unpaired) electrons. The van der Waals surface area contributed by atoms with Crippen LogP contribution in [0.25, 0.3) is 0 Å². The predicted octanol–water partition coefficient (Wildman–Crippen LogP) is 1.63. The zero-order chi connectivity index (χ0) is 26.2. The van der Waals surface area contributed by atoms with Crippen LogP contribution in [0.15, 0.2) is 63.2 Å². The molecular formula is C25H30N6O5S. The molecule has 3 aromatic rings. The Morgan fingerprint density at radius 3 is 2.49 bits per heavy atom. The lowest BCUT2D eigenvalue weighted by Crippen LogP contribution is -2.37. The molecule has 1 saturated carbocycles. The van der Waals surface area contributed by atoms with Crippen LogP contribution in [0.4, 0.5) is 5.95 Å². The molecule has 0 spiro atoms. The van der Waals surface area contributed by atoms with Crippen molar-refractivity contribution in [1.29, 1.82) is 0 Å². The van der Waals surface area contributed by atoms with Crippen molar-refractivity contribution in [2.24, 2.45) is 5.92 Å². The number of Topliss-reactive ketones (excluding diaryl/α,β-unsaturated/α-hetero) is 1. The third kappa shape index (κ3) is 4.97. The van der Waals surface area contributed by atoms with Crippen LogP contribution in [0.5, 0.6) is 0 Å². The first-order valence-electron chi connectivity index (χ1n) is 12.4. The largest absolute Gasteiger partial charge is 0.369 e.